The van der Waals surface area contributed by atoms with E-state index in [9.17, 15) is 29.2 Å². The summed E-state index contributed by atoms with van der Waals surface area (Å²) in [5, 5.41) is 18.1. The number of amides is 3. The van der Waals surface area contributed by atoms with E-state index in [1.165, 1.54) is 16.1 Å². The fourth-order valence-electron chi connectivity index (χ4n) is 10.4. The van der Waals surface area contributed by atoms with Gasteiger partial charge in [-0.2, -0.15) is 0 Å². The lowest BCUT2D eigenvalue weighted by Crippen LogP contribution is -2.62. The monoisotopic (exact) mass is 963 g/mol. The number of aromatic nitrogens is 2. The minimum Gasteiger partial charge on any atom is -0.508 e. The number of benzene rings is 2. The minimum atomic E-state index is -1.18. The van der Waals surface area contributed by atoms with Crippen molar-refractivity contribution in [1.82, 2.24) is 40.1 Å². The van der Waals surface area contributed by atoms with Crippen molar-refractivity contribution in [2.24, 2.45) is 11.3 Å². The highest BCUT2D eigenvalue weighted by Gasteiger charge is 2.44. The number of ether oxygens (including phenoxy) is 2. The van der Waals surface area contributed by atoms with Gasteiger partial charge in [0.1, 0.15) is 22.7 Å². The molecule has 3 N–H and O–H groups in total. The minimum absolute atomic E-state index is 0.0177. The highest BCUT2D eigenvalue weighted by molar-refractivity contribution is 5.96. The van der Waals surface area contributed by atoms with Crippen LogP contribution in [0.5, 0.6) is 5.75 Å². The summed E-state index contributed by atoms with van der Waals surface area (Å²) in [5.41, 5.74) is 10.6. The lowest BCUT2D eigenvalue weighted by Gasteiger charge is -2.36. The van der Waals surface area contributed by atoms with E-state index in [1.807, 2.05) is 53.2 Å². The van der Waals surface area contributed by atoms with Crippen molar-refractivity contribution in [2.45, 2.75) is 117 Å². The Bertz CT molecular complexity index is 2640. The molecule has 0 spiro atoms. The molecule has 376 valence electrons. The third kappa shape index (κ3) is 11.1. The number of aromatic hydroxyl groups is 1. The van der Waals surface area contributed by atoms with E-state index in [0.717, 1.165) is 49.4 Å². The number of hydrazine groups is 2. The second kappa shape index (κ2) is 21.4. The molecule has 0 aliphatic carbocycles. The van der Waals surface area contributed by atoms with Crippen LogP contribution in [0.15, 0.2) is 61.3 Å². The van der Waals surface area contributed by atoms with Crippen molar-refractivity contribution in [1.29, 1.82) is 0 Å². The second-order valence-corrected chi connectivity index (χ2v) is 20.6. The second-order valence-electron chi connectivity index (χ2n) is 20.6. The Morgan fingerprint density at radius 2 is 1.84 bits per heavy atom. The summed E-state index contributed by atoms with van der Waals surface area (Å²) in [7, 11) is 7.29. The van der Waals surface area contributed by atoms with Crippen LogP contribution in [0.1, 0.15) is 89.3 Å². The number of esters is 1. The number of fused-ring (bicyclic) bond motifs is 6. The van der Waals surface area contributed by atoms with Gasteiger partial charge in [0, 0.05) is 74.2 Å². The summed E-state index contributed by atoms with van der Waals surface area (Å²) in [6.45, 7) is 17.8. The van der Waals surface area contributed by atoms with E-state index in [1.54, 1.807) is 31.2 Å². The molecule has 0 unspecified atom stereocenters. The van der Waals surface area contributed by atoms with E-state index in [-0.39, 0.29) is 49.8 Å². The number of likely N-dealkylation sites (tertiary alicyclic amines) is 1. The Morgan fingerprint density at radius 3 is 2.53 bits per heavy atom. The number of pyridine rings is 1. The average Bonchev–Trinajstić information content (AvgIpc) is 3.94. The number of rotatable bonds is 13. The molecule has 2 saturated heterocycles. The van der Waals surface area contributed by atoms with Crippen molar-refractivity contribution in [3.8, 4) is 28.1 Å². The molecular formula is C53H72N9O8+. The maximum atomic E-state index is 14.8. The Labute approximate surface area is 411 Å². The van der Waals surface area contributed by atoms with Crippen LogP contribution in [0.2, 0.25) is 0 Å². The van der Waals surface area contributed by atoms with Crippen molar-refractivity contribution < 1.29 is 38.6 Å². The number of hydrogen-bond acceptors (Lipinski definition) is 11. The van der Waals surface area contributed by atoms with Gasteiger partial charge in [0.15, 0.2) is 6.04 Å². The predicted octanol–water partition coefficient (Wildman–Crippen LogP) is 5.95. The summed E-state index contributed by atoms with van der Waals surface area (Å²) >= 11 is 0. The lowest BCUT2D eigenvalue weighted by atomic mass is 9.84. The fourth-order valence-corrected chi connectivity index (χ4v) is 10.4. The average molecular weight is 963 g/mol. The normalized spacial score (nSPS) is 20.5. The molecule has 7 rings (SSSR count). The number of hydrogen-bond donors (Lipinski definition) is 3. The quantitative estimate of drug-likeness (QED) is 0.0621. The topological polar surface area (TPSA) is 182 Å². The molecule has 3 aliphatic rings. The van der Waals surface area contributed by atoms with Gasteiger partial charge in [0.2, 0.25) is 11.8 Å². The first-order valence-electron chi connectivity index (χ1n) is 24.5. The van der Waals surface area contributed by atoms with E-state index < -0.39 is 47.4 Å². The zero-order chi connectivity index (χ0) is 50.8. The molecule has 2 fully saturated rings. The van der Waals surface area contributed by atoms with Gasteiger partial charge in [-0.05, 0) is 117 Å². The molecule has 3 aliphatic heterocycles. The number of likely N-dealkylation sites (N-methyl/N-ethyl adjacent to an activating group) is 1. The van der Waals surface area contributed by atoms with Gasteiger partial charge >= 0.3 is 5.97 Å². The maximum absolute atomic E-state index is 14.8. The molecule has 70 heavy (non-hydrogen) atoms. The molecule has 17 heteroatoms. The Hall–Kier alpha value is -6.17. The molecule has 2 aromatic carbocycles. The molecular weight excluding hydrogens is 891 g/mol. The number of carbonyl (C=O) groups excluding carboxylic acids is 4. The fraction of sp³-hybridized carbons (Fsp3) is 0.528. The predicted molar refractivity (Wildman–Crippen MR) is 268 cm³/mol. The Balaban J connectivity index is 1.33. The molecule has 4 aromatic rings. The molecule has 0 radical (unpaired) electrons. The van der Waals surface area contributed by atoms with E-state index in [0.29, 0.717) is 56.4 Å². The van der Waals surface area contributed by atoms with E-state index >= 15 is 0 Å². The van der Waals surface area contributed by atoms with Gasteiger partial charge in [-0.15, -0.1) is 5.01 Å². The molecule has 6 bridgehead atoms. The molecule has 5 heterocycles. The van der Waals surface area contributed by atoms with Crippen LogP contribution >= 0.6 is 0 Å². The SMILES string of the molecule is C=CC(=O)N1CC[C@H]([N+](=O)N(C)[C@H](C(=O)N[C@H]2Cc3cc(O)cc(c3)-c3ccc4c(c3)c(c(-c3cc(CN(C)C)cnc3[C@H](C)OC)n4CC)CC(C)(C)COC(=O)[C@@H]3CCCN(N3)C2=O)C(C)C)C1. The number of nitroso groups, excluding NO2 is 1. The molecule has 2 aromatic heterocycles. The highest BCUT2D eigenvalue weighted by atomic mass is 16.5. The molecule has 3 amide bonds. The van der Waals surface area contributed by atoms with Crippen molar-refractivity contribution >= 4 is 34.6 Å². The number of methoxy groups -OCH3 is 1. The number of carbonyl (C=O) groups is 4. The van der Waals surface area contributed by atoms with Crippen LogP contribution in [-0.4, -0.2) is 142 Å². The Kier molecular flexibility index (Phi) is 15.8. The number of cyclic esters (lactones) is 1. The maximum Gasteiger partial charge on any atom is 0.324 e. The number of phenolic OH excluding ortho intramolecular Hbond substituents is 1. The largest absolute Gasteiger partial charge is 0.508 e. The zero-order valence-corrected chi connectivity index (χ0v) is 42.6. The third-order valence-corrected chi connectivity index (χ3v) is 13.9. The van der Waals surface area contributed by atoms with Gasteiger partial charge in [-0.25, -0.2) is 5.43 Å². The van der Waals surface area contributed by atoms with Crippen LogP contribution in [0.4, 0.5) is 0 Å². The van der Waals surface area contributed by atoms with Gasteiger partial charge in [-0.3, -0.25) is 29.2 Å². The van der Waals surface area contributed by atoms with Crippen LogP contribution in [0.3, 0.4) is 0 Å². The summed E-state index contributed by atoms with van der Waals surface area (Å²) in [6.07, 6.45) is 4.67. The number of phenols is 1. The van der Waals surface area contributed by atoms with Crippen molar-refractivity contribution in [2.75, 3.05) is 54.5 Å². The van der Waals surface area contributed by atoms with Crippen molar-refractivity contribution in [3.63, 3.8) is 0 Å². The van der Waals surface area contributed by atoms with Crippen molar-refractivity contribution in [3.05, 3.63) is 88.6 Å². The summed E-state index contributed by atoms with van der Waals surface area (Å²) in [4.78, 5) is 79.0. The summed E-state index contributed by atoms with van der Waals surface area (Å²) in [6, 6.07) is 10.1. The zero-order valence-electron chi connectivity index (χ0n) is 42.6. The summed E-state index contributed by atoms with van der Waals surface area (Å²) in [5.74, 6) is -2.18. The number of aryl methyl sites for hydroxylation is 1. The van der Waals surface area contributed by atoms with Crippen LogP contribution in [0.25, 0.3) is 33.3 Å². The molecule has 0 saturated carbocycles. The smallest absolute Gasteiger partial charge is 0.324 e. The number of nitrogens with one attached hydrogen (secondary N) is 2. The standard InChI is InChI=1S/C53H71N9O8/c1-12-46(64)59-20-18-38(30-59)62(68)58(10)48(32(3)4)50(65)55-44-24-34-21-37(25-39(63)22-34)36-16-17-45-40(26-36)42(27-53(6,7)31-70-52(67)43-15-14-19-61(56-43)51(44)66)49(60(45)13-2)41-23-35(29-57(8)9)28-54-47(41)33(5)69-11/h12,16-17,21-23,25-26,28,32-33,38,43-44,48,56H,1,13-15,18-20,24,27,29-31H2,2-11H3,(H-,55,63,65)/p+1/t33-,38-,43-,44-,48-/m0/s1. The van der Waals surface area contributed by atoms with Gasteiger partial charge in [-0.1, -0.05) is 46.4 Å². The number of nitrogens with zero attached hydrogens (tertiary/aromatic N) is 7. The molecule has 5 atom stereocenters. The van der Waals surface area contributed by atoms with Crippen LogP contribution in [0, 0.1) is 16.2 Å². The van der Waals surface area contributed by atoms with E-state index in [4.69, 9.17) is 14.5 Å². The first kappa shape index (κ1) is 51.7. The van der Waals surface area contributed by atoms with Gasteiger partial charge in [0.05, 0.1) is 42.6 Å². The van der Waals surface area contributed by atoms with E-state index in [2.05, 4.69) is 65.8 Å². The molecule has 17 nitrogen and oxygen atoms in total. The summed E-state index contributed by atoms with van der Waals surface area (Å²) < 4.78 is 14.4. The van der Waals surface area contributed by atoms with Gasteiger partial charge < -0.3 is 34.3 Å². The van der Waals surface area contributed by atoms with Crippen LogP contribution in [-0.2, 0) is 54.6 Å². The lowest BCUT2D eigenvalue weighted by molar-refractivity contribution is -0.732. The Morgan fingerprint density at radius 1 is 1.09 bits per heavy atom. The van der Waals surface area contributed by atoms with Crippen LogP contribution < -0.4 is 10.7 Å². The first-order valence-corrected chi connectivity index (χ1v) is 24.5. The third-order valence-electron chi connectivity index (χ3n) is 13.9. The van der Waals surface area contributed by atoms with Gasteiger partial charge in [0.25, 0.3) is 11.9 Å². The highest BCUT2D eigenvalue weighted by Crippen LogP contribution is 2.43. The first-order chi connectivity index (χ1) is 33.2.